The molecule has 1 unspecified atom stereocenters. The maximum atomic E-state index is 12.9. The molecule has 1 aliphatic heterocycles. The molecule has 1 atom stereocenters. The second kappa shape index (κ2) is 8.18. The second-order valence-electron chi connectivity index (χ2n) is 6.52. The molecule has 0 fully saturated rings. The van der Waals surface area contributed by atoms with E-state index in [0.29, 0.717) is 25.1 Å². The second-order valence-corrected chi connectivity index (χ2v) is 6.52. The Balaban J connectivity index is 1.91. The zero-order valence-electron chi connectivity index (χ0n) is 15.3. The number of carbonyl (C=O) groups is 2. The van der Waals surface area contributed by atoms with Crippen molar-refractivity contribution >= 4 is 11.7 Å². The Morgan fingerprint density at radius 2 is 2.07 bits per heavy atom. The highest BCUT2D eigenvalue weighted by atomic mass is 16.5. The van der Waals surface area contributed by atoms with Crippen LogP contribution < -0.4 is 0 Å². The van der Waals surface area contributed by atoms with E-state index >= 15 is 0 Å². The van der Waals surface area contributed by atoms with Gasteiger partial charge in [0.25, 0.3) is 5.91 Å². The number of rotatable bonds is 8. The summed E-state index contributed by atoms with van der Waals surface area (Å²) in [7, 11) is 0. The van der Waals surface area contributed by atoms with Gasteiger partial charge in [-0.2, -0.15) is 0 Å². The molecule has 1 aliphatic rings. The number of aliphatic hydroxyl groups excluding tert-OH is 1. The Bertz CT molecular complexity index is 827. The number of carbonyl (C=O) groups excluding carboxylic acids is 2. The van der Waals surface area contributed by atoms with Gasteiger partial charge in [-0.25, -0.2) is 0 Å². The summed E-state index contributed by atoms with van der Waals surface area (Å²) in [6, 6.07) is 5.85. The monoisotopic (exact) mass is 370 g/mol. The number of hydrogen-bond acceptors (Lipinski definition) is 6. The summed E-state index contributed by atoms with van der Waals surface area (Å²) >= 11 is 0. The number of nitrogens with zero attached hydrogens (tertiary/aromatic N) is 2. The lowest BCUT2D eigenvalue weighted by Gasteiger charge is -2.26. The van der Waals surface area contributed by atoms with Gasteiger partial charge in [0.2, 0.25) is 5.78 Å². The molecule has 1 N–H and O–H groups in total. The van der Waals surface area contributed by atoms with Crippen molar-refractivity contribution in [3.63, 3.8) is 0 Å². The maximum absolute atomic E-state index is 12.9. The van der Waals surface area contributed by atoms with Gasteiger partial charge in [0.1, 0.15) is 0 Å². The van der Waals surface area contributed by atoms with E-state index in [9.17, 15) is 14.7 Å². The molecule has 0 aromatic carbocycles. The predicted octanol–water partition coefficient (Wildman–Crippen LogP) is 3.07. The number of ether oxygens (including phenoxy) is 1. The minimum Gasteiger partial charge on any atom is -0.503 e. The van der Waals surface area contributed by atoms with Crippen molar-refractivity contribution in [1.29, 1.82) is 0 Å². The Kier molecular flexibility index (Phi) is 5.71. The lowest BCUT2D eigenvalue weighted by Crippen LogP contribution is -2.32. The molecule has 0 aliphatic carbocycles. The number of ketones is 1. The zero-order chi connectivity index (χ0) is 19.4. The minimum absolute atomic E-state index is 0.0194. The van der Waals surface area contributed by atoms with Crippen molar-refractivity contribution in [2.45, 2.75) is 32.4 Å². The molecule has 0 bridgehead atoms. The molecule has 0 spiro atoms. The molecule has 142 valence electrons. The van der Waals surface area contributed by atoms with Crippen LogP contribution in [0.4, 0.5) is 0 Å². The highest BCUT2D eigenvalue weighted by molar-refractivity contribution is 6.14. The first-order chi connectivity index (χ1) is 13.0. The standard InChI is InChI=1S/C20H22N2O5/c1-13(2)26-12-4-10-22-17(14-6-8-21-9-7-14)16(19(24)20(22)25)18(23)15-5-3-11-27-15/h3,5-9,11,13,17,24H,4,10,12H2,1-2H3. The first-order valence-corrected chi connectivity index (χ1v) is 8.84. The highest BCUT2D eigenvalue weighted by Gasteiger charge is 2.44. The van der Waals surface area contributed by atoms with Gasteiger partial charge in [-0.1, -0.05) is 0 Å². The van der Waals surface area contributed by atoms with E-state index in [1.54, 1.807) is 30.6 Å². The first kappa shape index (κ1) is 18.8. The number of aliphatic hydroxyl groups is 1. The van der Waals surface area contributed by atoms with Crippen molar-refractivity contribution in [2.75, 3.05) is 13.2 Å². The summed E-state index contributed by atoms with van der Waals surface area (Å²) in [5.41, 5.74) is 0.716. The number of pyridine rings is 1. The molecule has 0 saturated heterocycles. The molecule has 7 heteroatoms. The van der Waals surface area contributed by atoms with Crippen molar-refractivity contribution < 1.29 is 23.8 Å². The Morgan fingerprint density at radius 3 is 2.70 bits per heavy atom. The third-order valence-electron chi connectivity index (χ3n) is 4.31. The zero-order valence-corrected chi connectivity index (χ0v) is 15.3. The number of amides is 1. The summed E-state index contributed by atoms with van der Waals surface area (Å²) in [6.07, 6.45) is 5.23. The summed E-state index contributed by atoms with van der Waals surface area (Å²) in [4.78, 5) is 31.0. The van der Waals surface area contributed by atoms with Crippen LogP contribution in [0.1, 0.15) is 42.4 Å². The van der Waals surface area contributed by atoms with Crippen LogP contribution in [0.15, 0.2) is 58.7 Å². The minimum atomic E-state index is -0.697. The van der Waals surface area contributed by atoms with Gasteiger partial charge in [-0.05, 0) is 50.1 Å². The Morgan fingerprint density at radius 1 is 1.33 bits per heavy atom. The molecule has 0 radical (unpaired) electrons. The fourth-order valence-electron chi connectivity index (χ4n) is 3.10. The van der Waals surface area contributed by atoms with Crippen LogP contribution >= 0.6 is 0 Å². The van der Waals surface area contributed by atoms with Gasteiger partial charge in [-0.15, -0.1) is 0 Å². The predicted molar refractivity (Wildman–Crippen MR) is 97.1 cm³/mol. The van der Waals surface area contributed by atoms with E-state index in [1.165, 1.54) is 17.2 Å². The highest BCUT2D eigenvalue weighted by Crippen LogP contribution is 2.38. The fourth-order valence-corrected chi connectivity index (χ4v) is 3.10. The quantitative estimate of drug-likeness (QED) is 0.567. The smallest absolute Gasteiger partial charge is 0.290 e. The van der Waals surface area contributed by atoms with Gasteiger partial charge in [0.15, 0.2) is 11.5 Å². The lowest BCUT2D eigenvalue weighted by atomic mass is 9.96. The van der Waals surface area contributed by atoms with E-state index in [4.69, 9.17) is 9.15 Å². The topological polar surface area (TPSA) is 92.9 Å². The average molecular weight is 370 g/mol. The van der Waals surface area contributed by atoms with Gasteiger partial charge >= 0.3 is 0 Å². The van der Waals surface area contributed by atoms with Crippen LogP contribution in [0.5, 0.6) is 0 Å². The Hall–Kier alpha value is -2.93. The lowest BCUT2D eigenvalue weighted by molar-refractivity contribution is -0.129. The van der Waals surface area contributed by atoms with Crippen LogP contribution in [-0.4, -0.2) is 45.9 Å². The third kappa shape index (κ3) is 3.93. The first-order valence-electron chi connectivity index (χ1n) is 8.84. The van der Waals surface area contributed by atoms with Crippen molar-refractivity contribution in [1.82, 2.24) is 9.88 Å². The molecule has 3 rings (SSSR count). The summed E-state index contributed by atoms with van der Waals surface area (Å²) in [5.74, 6) is -1.54. The Labute approximate surface area is 157 Å². The van der Waals surface area contributed by atoms with Crippen LogP contribution in [0.25, 0.3) is 0 Å². The average Bonchev–Trinajstić information content (AvgIpc) is 3.28. The normalized spacial score (nSPS) is 17.2. The third-order valence-corrected chi connectivity index (χ3v) is 4.31. The molecule has 1 amide bonds. The molecule has 7 nitrogen and oxygen atoms in total. The van der Waals surface area contributed by atoms with E-state index in [-0.39, 0.29) is 17.4 Å². The number of Topliss-reactive ketones (excluding diaryl/α,β-unsaturated/α-hetero) is 1. The molecule has 0 saturated carbocycles. The van der Waals surface area contributed by atoms with Crippen LogP contribution in [0.2, 0.25) is 0 Å². The maximum Gasteiger partial charge on any atom is 0.290 e. The van der Waals surface area contributed by atoms with Crippen molar-refractivity contribution in [3.05, 3.63) is 65.6 Å². The molecule has 27 heavy (non-hydrogen) atoms. The summed E-state index contributed by atoms with van der Waals surface area (Å²) < 4.78 is 10.7. The number of aromatic nitrogens is 1. The molecule has 3 heterocycles. The number of hydrogen-bond donors (Lipinski definition) is 1. The van der Waals surface area contributed by atoms with Crippen LogP contribution in [-0.2, 0) is 9.53 Å². The van der Waals surface area contributed by atoms with E-state index in [2.05, 4.69) is 4.98 Å². The van der Waals surface area contributed by atoms with Gasteiger partial charge < -0.3 is 19.2 Å². The molecule has 2 aromatic rings. The van der Waals surface area contributed by atoms with E-state index in [0.717, 1.165) is 0 Å². The SMILES string of the molecule is CC(C)OCCCN1C(=O)C(O)=C(C(=O)c2ccco2)C1c1ccncc1. The van der Waals surface area contributed by atoms with Crippen molar-refractivity contribution in [2.24, 2.45) is 0 Å². The van der Waals surface area contributed by atoms with E-state index in [1.807, 2.05) is 13.8 Å². The van der Waals surface area contributed by atoms with Gasteiger partial charge in [0, 0.05) is 25.5 Å². The van der Waals surface area contributed by atoms with Gasteiger partial charge in [0.05, 0.1) is 24.0 Å². The van der Waals surface area contributed by atoms with Crippen LogP contribution in [0, 0.1) is 0 Å². The molecular weight excluding hydrogens is 348 g/mol. The molecular formula is C20H22N2O5. The summed E-state index contributed by atoms with van der Waals surface area (Å²) in [5, 5.41) is 10.5. The fraction of sp³-hybridized carbons (Fsp3) is 0.350. The summed E-state index contributed by atoms with van der Waals surface area (Å²) in [6.45, 7) is 4.70. The molecule has 2 aromatic heterocycles. The number of furan rings is 1. The van der Waals surface area contributed by atoms with Crippen molar-refractivity contribution in [3.8, 4) is 0 Å². The van der Waals surface area contributed by atoms with Crippen LogP contribution in [0.3, 0.4) is 0 Å². The van der Waals surface area contributed by atoms with Gasteiger partial charge in [-0.3, -0.25) is 14.6 Å². The van der Waals surface area contributed by atoms with E-state index < -0.39 is 23.5 Å². The largest absolute Gasteiger partial charge is 0.503 e.